The maximum absolute atomic E-state index is 12.5. The second-order valence-corrected chi connectivity index (χ2v) is 6.15. The van der Waals surface area contributed by atoms with E-state index in [0.29, 0.717) is 24.1 Å². The molecule has 0 aliphatic heterocycles. The quantitative estimate of drug-likeness (QED) is 0.694. The molecule has 0 saturated heterocycles. The van der Waals surface area contributed by atoms with Gasteiger partial charge in [0.05, 0.1) is 5.56 Å². The SMILES string of the molecule is CCc1ccc2occ(C(=O)NCC(CO)Cc3ccncc3)c2c1. The molecule has 0 bridgehead atoms. The van der Waals surface area contributed by atoms with Crippen LogP contribution < -0.4 is 5.32 Å². The molecular formula is C20H22N2O3. The second kappa shape index (κ2) is 7.94. The summed E-state index contributed by atoms with van der Waals surface area (Å²) >= 11 is 0. The Bertz CT molecular complexity index is 843. The molecule has 0 fully saturated rings. The molecule has 25 heavy (non-hydrogen) atoms. The van der Waals surface area contributed by atoms with E-state index in [-0.39, 0.29) is 18.4 Å². The fourth-order valence-electron chi connectivity index (χ4n) is 2.86. The van der Waals surface area contributed by atoms with Crippen LogP contribution in [0.5, 0.6) is 0 Å². The minimum Gasteiger partial charge on any atom is -0.463 e. The number of hydrogen-bond donors (Lipinski definition) is 2. The average Bonchev–Trinajstić information content (AvgIpc) is 3.08. The van der Waals surface area contributed by atoms with Gasteiger partial charge in [-0.3, -0.25) is 9.78 Å². The Morgan fingerprint density at radius 3 is 2.76 bits per heavy atom. The molecule has 3 rings (SSSR count). The monoisotopic (exact) mass is 338 g/mol. The molecule has 0 spiro atoms. The van der Waals surface area contributed by atoms with Crippen LogP contribution in [0.3, 0.4) is 0 Å². The molecule has 0 saturated carbocycles. The van der Waals surface area contributed by atoms with Gasteiger partial charge in [0, 0.05) is 36.8 Å². The summed E-state index contributed by atoms with van der Waals surface area (Å²) < 4.78 is 5.48. The maximum atomic E-state index is 12.5. The maximum Gasteiger partial charge on any atom is 0.255 e. The number of rotatable bonds is 7. The number of aromatic nitrogens is 1. The lowest BCUT2D eigenvalue weighted by Crippen LogP contribution is -2.31. The Morgan fingerprint density at radius 2 is 2.04 bits per heavy atom. The van der Waals surface area contributed by atoms with Gasteiger partial charge in [-0.1, -0.05) is 13.0 Å². The van der Waals surface area contributed by atoms with E-state index in [2.05, 4.69) is 17.2 Å². The summed E-state index contributed by atoms with van der Waals surface area (Å²) in [5.74, 6) is -0.226. The smallest absolute Gasteiger partial charge is 0.255 e. The summed E-state index contributed by atoms with van der Waals surface area (Å²) in [5.41, 5.74) is 3.49. The molecule has 0 aliphatic carbocycles. The van der Waals surface area contributed by atoms with E-state index in [1.54, 1.807) is 12.4 Å². The number of nitrogens with zero attached hydrogens (tertiary/aromatic N) is 1. The Hall–Kier alpha value is -2.66. The Balaban J connectivity index is 1.67. The fourth-order valence-corrected chi connectivity index (χ4v) is 2.86. The number of furan rings is 1. The lowest BCUT2D eigenvalue weighted by Gasteiger charge is -2.15. The first-order valence-corrected chi connectivity index (χ1v) is 8.49. The van der Waals surface area contributed by atoms with Crippen molar-refractivity contribution in [2.45, 2.75) is 19.8 Å². The summed E-state index contributed by atoms with van der Waals surface area (Å²) in [5, 5.41) is 13.3. The van der Waals surface area contributed by atoms with Crippen LogP contribution >= 0.6 is 0 Å². The van der Waals surface area contributed by atoms with Crippen molar-refractivity contribution >= 4 is 16.9 Å². The molecule has 1 aromatic carbocycles. The number of amides is 1. The van der Waals surface area contributed by atoms with Gasteiger partial charge in [0.15, 0.2) is 0 Å². The minimum atomic E-state index is -0.180. The summed E-state index contributed by atoms with van der Waals surface area (Å²) in [6.45, 7) is 2.48. The molecule has 2 heterocycles. The summed E-state index contributed by atoms with van der Waals surface area (Å²) in [4.78, 5) is 16.5. The molecule has 3 aromatic rings. The summed E-state index contributed by atoms with van der Waals surface area (Å²) in [7, 11) is 0. The molecule has 1 amide bonds. The van der Waals surface area contributed by atoms with Crippen LogP contribution in [-0.4, -0.2) is 29.1 Å². The van der Waals surface area contributed by atoms with E-state index in [4.69, 9.17) is 4.42 Å². The number of benzene rings is 1. The van der Waals surface area contributed by atoms with Gasteiger partial charge in [-0.15, -0.1) is 0 Å². The predicted octanol–water partition coefficient (Wildman–Crippen LogP) is 2.97. The lowest BCUT2D eigenvalue weighted by molar-refractivity contribution is 0.0940. The highest BCUT2D eigenvalue weighted by molar-refractivity contribution is 6.06. The van der Waals surface area contributed by atoms with Crippen molar-refractivity contribution in [3.05, 3.63) is 65.7 Å². The molecule has 0 radical (unpaired) electrons. The third-order valence-electron chi connectivity index (χ3n) is 4.37. The highest BCUT2D eigenvalue weighted by Crippen LogP contribution is 2.23. The summed E-state index contributed by atoms with van der Waals surface area (Å²) in [6.07, 6.45) is 6.54. The van der Waals surface area contributed by atoms with Crippen LogP contribution in [0.2, 0.25) is 0 Å². The van der Waals surface area contributed by atoms with Crippen molar-refractivity contribution in [2.75, 3.05) is 13.2 Å². The average molecular weight is 338 g/mol. The zero-order valence-electron chi connectivity index (χ0n) is 14.2. The van der Waals surface area contributed by atoms with Gasteiger partial charge < -0.3 is 14.8 Å². The van der Waals surface area contributed by atoms with Crippen molar-refractivity contribution in [3.63, 3.8) is 0 Å². The van der Waals surface area contributed by atoms with Gasteiger partial charge in [-0.25, -0.2) is 0 Å². The molecule has 0 aliphatic rings. The molecule has 2 N–H and O–H groups in total. The molecule has 130 valence electrons. The lowest BCUT2D eigenvalue weighted by atomic mass is 10.0. The number of pyridine rings is 1. The third-order valence-corrected chi connectivity index (χ3v) is 4.37. The standard InChI is InChI=1S/C20H22N2O3/c1-2-14-3-4-19-17(10-14)18(13-25-19)20(24)22-11-16(12-23)9-15-5-7-21-8-6-15/h3-8,10,13,16,23H,2,9,11-12H2,1H3,(H,22,24). The van der Waals surface area contributed by atoms with Gasteiger partial charge in [-0.2, -0.15) is 0 Å². The van der Waals surface area contributed by atoms with Gasteiger partial charge >= 0.3 is 0 Å². The van der Waals surface area contributed by atoms with Crippen LogP contribution in [0, 0.1) is 5.92 Å². The van der Waals surface area contributed by atoms with Gasteiger partial charge in [0.25, 0.3) is 5.91 Å². The first-order valence-electron chi connectivity index (χ1n) is 8.49. The van der Waals surface area contributed by atoms with E-state index >= 15 is 0 Å². The molecular weight excluding hydrogens is 316 g/mol. The van der Waals surface area contributed by atoms with Crippen LogP contribution in [0.15, 0.2) is 53.4 Å². The molecule has 5 heteroatoms. The number of carbonyl (C=O) groups excluding carboxylic acids is 1. The van der Waals surface area contributed by atoms with E-state index in [1.807, 2.05) is 30.3 Å². The number of aliphatic hydroxyl groups excluding tert-OH is 1. The fraction of sp³-hybridized carbons (Fsp3) is 0.300. The minimum absolute atomic E-state index is 0.00865. The van der Waals surface area contributed by atoms with E-state index < -0.39 is 0 Å². The highest BCUT2D eigenvalue weighted by Gasteiger charge is 2.16. The van der Waals surface area contributed by atoms with Gasteiger partial charge in [-0.05, 0) is 48.2 Å². The summed E-state index contributed by atoms with van der Waals surface area (Å²) in [6, 6.07) is 9.73. The number of fused-ring (bicyclic) bond motifs is 1. The van der Waals surface area contributed by atoms with Crippen LogP contribution in [-0.2, 0) is 12.8 Å². The van der Waals surface area contributed by atoms with E-state index in [9.17, 15) is 9.90 Å². The van der Waals surface area contributed by atoms with Gasteiger partial charge in [0.2, 0.25) is 0 Å². The number of aryl methyl sites for hydroxylation is 1. The van der Waals surface area contributed by atoms with Crippen molar-refractivity contribution in [2.24, 2.45) is 5.92 Å². The van der Waals surface area contributed by atoms with Crippen molar-refractivity contribution < 1.29 is 14.3 Å². The first kappa shape index (κ1) is 17.2. The van der Waals surface area contributed by atoms with Crippen LogP contribution in [0.4, 0.5) is 0 Å². The third kappa shape index (κ3) is 4.06. The number of hydrogen-bond acceptors (Lipinski definition) is 4. The second-order valence-electron chi connectivity index (χ2n) is 6.15. The molecule has 2 aromatic heterocycles. The zero-order valence-corrected chi connectivity index (χ0v) is 14.2. The zero-order chi connectivity index (χ0) is 17.6. The van der Waals surface area contributed by atoms with Crippen molar-refractivity contribution in [1.29, 1.82) is 0 Å². The number of aliphatic hydroxyl groups is 1. The van der Waals surface area contributed by atoms with Crippen molar-refractivity contribution in [3.8, 4) is 0 Å². The van der Waals surface area contributed by atoms with Crippen LogP contribution in [0.25, 0.3) is 11.0 Å². The largest absolute Gasteiger partial charge is 0.463 e. The van der Waals surface area contributed by atoms with Crippen LogP contribution in [0.1, 0.15) is 28.4 Å². The molecule has 5 nitrogen and oxygen atoms in total. The molecule has 1 unspecified atom stereocenters. The normalized spacial score (nSPS) is 12.2. The van der Waals surface area contributed by atoms with Crippen molar-refractivity contribution in [1.82, 2.24) is 10.3 Å². The number of nitrogens with one attached hydrogen (secondary N) is 1. The first-order chi connectivity index (χ1) is 12.2. The number of carbonyl (C=O) groups is 1. The van der Waals surface area contributed by atoms with E-state index in [0.717, 1.165) is 22.9 Å². The Labute approximate surface area is 146 Å². The molecule has 1 atom stereocenters. The van der Waals surface area contributed by atoms with Gasteiger partial charge in [0.1, 0.15) is 11.8 Å². The Kier molecular flexibility index (Phi) is 5.46. The predicted molar refractivity (Wildman–Crippen MR) is 96.4 cm³/mol. The topological polar surface area (TPSA) is 75.4 Å². The Morgan fingerprint density at radius 1 is 1.24 bits per heavy atom. The highest BCUT2D eigenvalue weighted by atomic mass is 16.3. The van der Waals surface area contributed by atoms with E-state index in [1.165, 1.54) is 6.26 Å².